The lowest BCUT2D eigenvalue weighted by Gasteiger charge is -2.10. The van der Waals surface area contributed by atoms with Crippen molar-refractivity contribution >= 4 is 57.9 Å². The summed E-state index contributed by atoms with van der Waals surface area (Å²) in [5, 5.41) is 15.0. The van der Waals surface area contributed by atoms with Gasteiger partial charge in [-0.3, -0.25) is 4.57 Å². The fourth-order valence-corrected chi connectivity index (χ4v) is 4.61. The van der Waals surface area contributed by atoms with Crippen molar-refractivity contribution in [2.24, 2.45) is 10.2 Å². The average Bonchev–Trinajstić information content (AvgIpc) is 3.29. The van der Waals surface area contributed by atoms with Crippen molar-refractivity contribution in [3.05, 3.63) is 103 Å². The Balaban J connectivity index is 1.39. The number of hydrogen-bond acceptors (Lipinski definition) is 4. The molecule has 0 saturated carbocycles. The second-order valence-corrected chi connectivity index (χ2v) is 9.52. The number of nitrogens with one attached hydrogen (secondary N) is 1. The highest BCUT2D eigenvalue weighted by Gasteiger charge is 2.31. The Morgan fingerprint density at radius 1 is 1.11 bits per heavy atom. The second kappa shape index (κ2) is 10.4. The van der Waals surface area contributed by atoms with Gasteiger partial charge in [-0.15, -0.1) is 18.3 Å². The molecule has 1 heterocycles. The summed E-state index contributed by atoms with van der Waals surface area (Å²) in [6.45, 7) is 0. The van der Waals surface area contributed by atoms with Gasteiger partial charge in [0.2, 0.25) is 5.11 Å². The Kier molecular flexibility index (Phi) is 7.07. The van der Waals surface area contributed by atoms with Crippen molar-refractivity contribution in [2.45, 2.75) is 12.8 Å². The summed E-state index contributed by atoms with van der Waals surface area (Å²) in [5.74, 6) is -0.271. The van der Waals surface area contributed by atoms with Gasteiger partial charge in [0.1, 0.15) is 12.1 Å². The van der Waals surface area contributed by atoms with E-state index in [-0.39, 0.29) is 10.9 Å². The molecule has 0 unspecified atom stereocenters. The number of thiocarbonyl (C=S) groups is 1. The standard InChI is InChI=1S/C26H17F3IN5OS/c27-26(28,29)36-19-9-7-18(8-10-19)35-15-31-24-20-11-5-16(13-17(20)6-12-23(24)35)14-32-34-25(37)33-22-4-2-1-3-21(22)30/h1-5,7-15H,6H2,(H,33,37)/b16-14+,34-32-. The lowest BCUT2D eigenvalue weighted by atomic mass is 10.0. The first-order valence-electron chi connectivity index (χ1n) is 11.0. The molecule has 4 aromatic rings. The van der Waals surface area contributed by atoms with E-state index in [0.29, 0.717) is 12.1 Å². The third-order valence-corrected chi connectivity index (χ3v) is 6.65. The molecule has 0 bridgehead atoms. The van der Waals surface area contributed by atoms with Crippen LogP contribution in [0.2, 0.25) is 0 Å². The minimum absolute atomic E-state index is 0.264. The number of aromatic nitrogens is 2. The first kappa shape index (κ1) is 25.1. The van der Waals surface area contributed by atoms with Crippen LogP contribution in [0.25, 0.3) is 18.0 Å². The van der Waals surface area contributed by atoms with E-state index in [1.54, 1.807) is 24.7 Å². The van der Waals surface area contributed by atoms with Gasteiger partial charge in [-0.25, -0.2) is 4.98 Å². The number of alkyl halides is 3. The van der Waals surface area contributed by atoms with Crippen LogP contribution >= 0.6 is 34.8 Å². The van der Waals surface area contributed by atoms with Crippen LogP contribution in [0.5, 0.6) is 5.75 Å². The van der Waals surface area contributed by atoms with Crippen LogP contribution < -0.4 is 20.6 Å². The molecule has 0 fully saturated rings. The van der Waals surface area contributed by atoms with Crippen molar-refractivity contribution in [1.29, 1.82) is 0 Å². The van der Waals surface area contributed by atoms with Gasteiger partial charge in [0, 0.05) is 14.5 Å². The Morgan fingerprint density at radius 2 is 1.89 bits per heavy atom. The molecule has 11 heteroatoms. The van der Waals surface area contributed by atoms with Crippen molar-refractivity contribution in [3.63, 3.8) is 0 Å². The molecule has 6 nitrogen and oxygen atoms in total. The smallest absolute Gasteiger partial charge is 0.406 e. The zero-order valence-corrected chi connectivity index (χ0v) is 21.9. The number of imidazole rings is 1. The summed E-state index contributed by atoms with van der Waals surface area (Å²) in [7, 11) is 0. The van der Waals surface area contributed by atoms with E-state index in [4.69, 9.17) is 12.2 Å². The summed E-state index contributed by atoms with van der Waals surface area (Å²) in [5.41, 5.74) is 2.63. The first-order valence-corrected chi connectivity index (χ1v) is 12.5. The number of nitrogens with zero attached hydrogens (tertiary/aromatic N) is 4. The molecule has 3 aromatic carbocycles. The lowest BCUT2D eigenvalue weighted by Crippen LogP contribution is -2.19. The molecule has 0 amide bonds. The van der Waals surface area contributed by atoms with Crippen LogP contribution in [0, 0.1) is 14.1 Å². The maximum Gasteiger partial charge on any atom is 0.573 e. The molecule has 5 rings (SSSR count). The van der Waals surface area contributed by atoms with E-state index in [0.717, 1.165) is 36.0 Å². The normalized spacial score (nSPS) is 13.1. The van der Waals surface area contributed by atoms with Gasteiger partial charge in [0.05, 0.1) is 22.6 Å². The van der Waals surface area contributed by atoms with Crippen LogP contribution in [0.1, 0.15) is 5.56 Å². The second-order valence-electron chi connectivity index (χ2n) is 7.97. The lowest BCUT2D eigenvalue weighted by molar-refractivity contribution is -0.274. The molecular weight excluding hydrogens is 614 g/mol. The van der Waals surface area contributed by atoms with Crippen LogP contribution in [0.4, 0.5) is 18.9 Å². The molecule has 37 heavy (non-hydrogen) atoms. The Hall–Kier alpha value is -3.58. The topological polar surface area (TPSA) is 63.8 Å². The number of fused-ring (bicyclic) bond motifs is 2. The summed E-state index contributed by atoms with van der Waals surface area (Å²) < 4.78 is 44.2. The molecule has 0 spiro atoms. The Labute approximate surface area is 227 Å². The highest BCUT2D eigenvalue weighted by atomic mass is 127. The third kappa shape index (κ3) is 5.88. The van der Waals surface area contributed by atoms with Crippen LogP contribution in [0.15, 0.2) is 83.3 Å². The maximum atomic E-state index is 12.4. The quantitative estimate of drug-likeness (QED) is 0.182. The van der Waals surface area contributed by atoms with Gasteiger partial charge in [-0.1, -0.05) is 30.3 Å². The van der Waals surface area contributed by atoms with Crippen molar-refractivity contribution in [3.8, 4) is 11.4 Å². The summed E-state index contributed by atoms with van der Waals surface area (Å²) in [6, 6.07) is 19.4. The number of benzene rings is 3. The summed E-state index contributed by atoms with van der Waals surface area (Å²) >= 11 is 7.47. The minimum Gasteiger partial charge on any atom is -0.406 e. The number of anilines is 1. The number of halogens is 4. The monoisotopic (exact) mass is 631 g/mol. The Bertz CT molecular complexity index is 1730. The number of hydrogen-bond donors (Lipinski definition) is 1. The van der Waals surface area contributed by atoms with Gasteiger partial charge in [0.15, 0.2) is 0 Å². The highest BCUT2D eigenvalue weighted by molar-refractivity contribution is 14.1. The summed E-state index contributed by atoms with van der Waals surface area (Å²) in [4.78, 5) is 4.56. The zero-order chi connectivity index (χ0) is 26.0. The SMILES string of the molecule is FC(F)(F)Oc1ccc(-n2cnc3c2=CCc2c/c(=C/N=N\C(=S)Nc4ccccc4I)ccc2=3)cc1. The van der Waals surface area contributed by atoms with Crippen LogP contribution in [-0.2, 0) is 6.42 Å². The van der Waals surface area contributed by atoms with Gasteiger partial charge >= 0.3 is 6.36 Å². The Morgan fingerprint density at radius 3 is 2.65 bits per heavy atom. The maximum absolute atomic E-state index is 12.4. The van der Waals surface area contributed by atoms with Crippen molar-refractivity contribution in [1.82, 2.24) is 9.55 Å². The molecule has 1 N–H and O–H groups in total. The zero-order valence-electron chi connectivity index (χ0n) is 18.9. The van der Waals surface area contributed by atoms with E-state index in [9.17, 15) is 13.2 Å². The van der Waals surface area contributed by atoms with Gasteiger partial charge in [-0.2, -0.15) is 5.11 Å². The van der Waals surface area contributed by atoms with E-state index in [1.165, 1.54) is 12.1 Å². The minimum atomic E-state index is -4.73. The van der Waals surface area contributed by atoms with Crippen molar-refractivity contribution in [2.75, 3.05) is 5.32 Å². The molecular formula is C26H17F3IN5OS. The van der Waals surface area contributed by atoms with Crippen molar-refractivity contribution < 1.29 is 17.9 Å². The fraction of sp³-hybridized carbons (Fsp3) is 0.0769. The van der Waals surface area contributed by atoms with Gasteiger partial charge < -0.3 is 10.1 Å². The van der Waals surface area contributed by atoms with Crippen LogP contribution in [0.3, 0.4) is 0 Å². The fourth-order valence-electron chi connectivity index (χ4n) is 3.93. The predicted molar refractivity (Wildman–Crippen MR) is 146 cm³/mol. The number of ether oxygens (including phenoxy) is 1. The molecule has 1 aliphatic rings. The van der Waals surface area contributed by atoms with E-state index in [2.05, 4.69) is 47.9 Å². The molecule has 0 radical (unpaired) electrons. The predicted octanol–water partition coefficient (Wildman–Crippen LogP) is 5.59. The first-order chi connectivity index (χ1) is 17.8. The molecule has 1 aromatic heterocycles. The highest BCUT2D eigenvalue weighted by Crippen LogP contribution is 2.23. The molecule has 0 atom stereocenters. The number of azo groups is 1. The van der Waals surface area contributed by atoms with Gasteiger partial charge in [-0.05, 0) is 94.5 Å². The molecule has 0 aliphatic heterocycles. The van der Waals surface area contributed by atoms with Gasteiger partial charge in [0.25, 0.3) is 0 Å². The third-order valence-electron chi connectivity index (χ3n) is 5.52. The van der Waals surface area contributed by atoms with E-state index in [1.807, 2.05) is 53.1 Å². The number of rotatable bonds is 4. The van der Waals surface area contributed by atoms with E-state index >= 15 is 0 Å². The van der Waals surface area contributed by atoms with E-state index < -0.39 is 6.36 Å². The molecule has 186 valence electrons. The number of para-hydroxylation sites is 1. The average molecular weight is 631 g/mol. The summed E-state index contributed by atoms with van der Waals surface area (Å²) in [6.07, 6.45) is 1.27. The van der Waals surface area contributed by atoms with Crippen LogP contribution in [-0.4, -0.2) is 21.0 Å². The molecule has 1 aliphatic carbocycles. The largest absolute Gasteiger partial charge is 0.573 e. The molecule has 0 saturated heterocycles.